The zero-order valence-corrected chi connectivity index (χ0v) is 16.1. The molecule has 2 aromatic rings. The summed E-state index contributed by atoms with van der Waals surface area (Å²) >= 11 is 0. The van der Waals surface area contributed by atoms with E-state index in [-0.39, 0.29) is 0 Å². The van der Waals surface area contributed by atoms with Crippen LogP contribution in [0.15, 0.2) is 48.5 Å². The predicted molar refractivity (Wildman–Crippen MR) is 109 cm³/mol. The standard InChI is InChI=1S/C24H30O3/c25-16-8-2-6-10-21-14-15-23(13-7-3-9-17-26)24(18-21)20-27-19-22-11-4-1-5-12-22/h1,4-5,11-12,14-18H,2-3,6-10,13,19-20H2. The van der Waals surface area contributed by atoms with Crippen molar-refractivity contribution in [2.45, 2.75) is 64.6 Å². The van der Waals surface area contributed by atoms with Crippen molar-refractivity contribution in [3.8, 4) is 0 Å². The molecule has 0 saturated heterocycles. The van der Waals surface area contributed by atoms with Crippen molar-refractivity contribution in [3.05, 3.63) is 70.8 Å². The van der Waals surface area contributed by atoms with Crippen molar-refractivity contribution >= 4 is 12.6 Å². The number of rotatable bonds is 14. The summed E-state index contributed by atoms with van der Waals surface area (Å²) < 4.78 is 5.97. The van der Waals surface area contributed by atoms with Crippen molar-refractivity contribution in [2.24, 2.45) is 0 Å². The summed E-state index contributed by atoms with van der Waals surface area (Å²) in [4.78, 5) is 21.0. The molecule has 0 heterocycles. The molecule has 0 unspecified atom stereocenters. The second-order valence-electron chi connectivity index (χ2n) is 6.91. The summed E-state index contributed by atoms with van der Waals surface area (Å²) in [5, 5.41) is 0. The molecule has 2 rings (SSSR count). The SMILES string of the molecule is O=CCCCCc1ccc(CCCCC=O)c(COCc2ccccc2)c1. The molecule has 27 heavy (non-hydrogen) atoms. The molecule has 3 nitrogen and oxygen atoms in total. The van der Waals surface area contributed by atoms with E-state index >= 15 is 0 Å². The van der Waals surface area contributed by atoms with E-state index in [2.05, 4.69) is 30.3 Å². The van der Waals surface area contributed by atoms with Crippen LogP contribution in [-0.4, -0.2) is 12.6 Å². The molecule has 0 fully saturated rings. The van der Waals surface area contributed by atoms with Gasteiger partial charge in [0.2, 0.25) is 0 Å². The Morgan fingerprint density at radius 3 is 2.07 bits per heavy atom. The van der Waals surface area contributed by atoms with Crippen molar-refractivity contribution in [1.29, 1.82) is 0 Å². The Labute approximate surface area is 162 Å². The fourth-order valence-electron chi connectivity index (χ4n) is 3.17. The van der Waals surface area contributed by atoms with Gasteiger partial charge in [0, 0.05) is 12.8 Å². The maximum Gasteiger partial charge on any atom is 0.119 e. The first-order valence-corrected chi connectivity index (χ1v) is 9.93. The highest BCUT2D eigenvalue weighted by atomic mass is 16.5. The molecule has 2 aromatic carbocycles. The van der Waals surface area contributed by atoms with Gasteiger partial charge in [0.15, 0.2) is 0 Å². The number of aldehydes is 2. The van der Waals surface area contributed by atoms with E-state index in [1.165, 1.54) is 22.3 Å². The first-order chi connectivity index (χ1) is 13.3. The van der Waals surface area contributed by atoms with Crippen LogP contribution in [0.3, 0.4) is 0 Å². The van der Waals surface area contributed by atoms with Crippen LogP contribution in [0.2, 0.25) is 0 Å². The highest BCUT2D eigenvalue weighted by Crippen LogP contribution is 2.19. The minimum Gasteiger partial charge on any atom is -0.372 e. The molecule has 0 aliphatic rings. The average Bonchev–Trinajstić information content (AvgIpc) is 2.70. The maximum atomic E-state index is 10.5. The lowest BCUT2D eigenvalue weighted by atomic mass is 9.97. The van der Waals surface area contributed by atoms with Crippen LogP contribution in [0.1, 0.15) is 60.8 Å². The Bertz CT molecular complexity index is 679. The Morgan fingerprint density at radius 2 is 1.37 bits per heavy atom. The predicted octanol–water partition coefficient (Wildman–Crippen LogP) is 5.23. The number of unbranched alkanes of at least 4 members (excludes halogenated alkanes) is 4. The monoisotopic (exact) mass is 366 g/mol. The van der Waals surface area contributed by atoms with Crippen molar-refractivity contribution in [2.75, 3.05) is 0 Å². The van der Waals surface area contributed by atoms with Crippen LogP contribution in [0.4, 0.5) is 0 Å². The van der Waals surface area contributed by atoms with Crippen LogP contribution in [0.25, 0.3) is 0 Å². The Balaban J connectivity index is 1.96. The van der Waals surface area contributed by atoms with Gasteiger partial charge in [-0.15, -0.1) is 0 Å². The molecule has 0 spiro atoms. The minimum absolute atomic E-state index is 0.597. The first kappa shape index (κ1) is 21.0. The van der Waals surface area contributed by atoms with Crippen LogP contribution in [0.5, 0.6) is 0 Å². The van der Waals surface area contributed by atoms with Crippen LogP contribution >= 0.6 is 0 Å². The normalized spacial score (nSPS) is 10.7. The van der Waals surface area contributed by atoms with Gasteiger partial charge in [-0.2, -0.15) is 0 Å². The molecule has 0 bridgehead atoms. The molecular weight excluding hydrogens is 336 g/mol. The highest BCUT2D eigenvalue weighted by molar-refractivity contribution is 5.49. The number of aryl methyl sites for hydroxylation is 2. The van der Waals surface area contributed by atoms with Gasteiger partial charge in [-0.3, -0.25) is 0 Å². The van der Waals surface area contributed by atoms with Crippen molar-refractivity contribution in [3.63, 3.8) is 0 Å². The van der Waals surface area contributed by atoms with Gasteiger partial charge in [0.25, 0.3) is 0 Å². The summed E-state index contributed by atoms with van der Waals surface area (Å²) in [5.41, 5.74) is 5.03. The topological polar surface area (TPSA) is 43.4 Å². The smallest absolute Gasteiger partial charge is 0.119 e. The summed E-state index contributed by atoms with van der Waals surface area (Å²) in [7, 11) is 0. The van der Waals surface area contributed by atoms with Gasteiger partial charge in [0.1, 0.15) is 12.6 Å². The molecule has 0 atom stereocenters. The third-order valence-corrected chi connectivity index (χ3v) is 4.70. The Kier molecular flexibility index (Phi) is 10.1. The molecule has 0 saturated carbocycles. The molecule has 0 N–H and O–H groups in total. The Hall–Kier alpha value is -2.26. The lowest BCUT2D eigenvalue weighted by Gasteiger charge is -2.13. The lowest BCUT2D eigenvalue weighted by molar-refractivity contribution is -0.108. The van der Waals surface area contributed by atoms with Gasteiger partial charge < -0.3 is 14.3 Å². The highest BCUT2D eigenvalue weighted by Gasteiger charge is 2.06. The number of hydrogen-bond donors (Lipinski definition) is 0. The molecular formula is C24H30O3. The summed E-state index contributed by atoms with van der Waals surface area (Å²) in [6.07, 6.45) is 9.14. The largest absolute Gasteiger partial charge is 0.372 e. The number of carbonyl (C=O) groups is 2. The van der Waals surface area contributed by atoms with Crippen LogP contribution < -0.4 is 0 Å². The Morgan fingerprint density at radius 1 is 0.667 bits per heavy atom. The molecule has 0 aliphatic carbocycles. The third-order valence-electron chi connectivity index (χ3n) is 4.70. The summed E-state index contributed by atoms with van der Waals surface area (Å²) in [6.45, 7) is 1.20. The second-order valence-corrected chi connectivity index (χ2v) is 6.91. The van der Waals surface area contributed by atoms with E-state index in [9.17, 15) is 9.59 Å². The molecule has 144 valence electrons. The van der Waals surface area contributed by atoms with Gasteiger partial charge in [-0.1, -0.05) is 48.5 Å². The molecule has 0 amide bonds. The van der Waals surface area contributed by atoms with Crippen molar-refractivity contribution < 1.29 is 14.3 Å². The van der Waals surface area contributed by atoms with Gasteiger partial charge >= 0.3 is 0 Å². The number of benzene rings is 2. The van der Waals surface area contributed by atoms with E-state index in [0.29, 0.717) is 26.1 Å². The van der Waals surface area contributed by atoms with E-state index in [1.807, 2.05) is 18.2 Å². The minimum atomic E-state index is 0.597. The van der Waals surface area contributed by atoms with Gasteiger partial charge in [-0.05, 0) is 60.8 Å². The van der Waals surface area contributed by atoms with Gasteiger partial charge in [0.05, 0.1) is 13.2 Å². The number of carbonyl (C=O) groups excluding carboxylic acids is 2. The quantitative estimate of drug-likeness (QED) is 0.340. The number of hydrogen-bond acceptors (Lipinski definition) is 3. The molecule has 0 aliphatic heterocycles. The van der Waals surface area contributed by atoms with E-state index in [1.54, 1.807) is 0 Å². The van der Waals surface area contributed by atoms with E-state index < -0.39 is 0 Å². The fourth-order valence-corrected chi connectivity index (χ4v) is 3.17. The summed E-state index contributed by atoms with van der Waals surface area (Å²) in [5.74, 6) is 0. The third kappa shape index (κ3) is 8.31. The van der Waals surface area contributed by atoms with Gasteiger partial charge in [-0.25, -0.2) is 0 Å². The van der Waals surface area contributed by atoms with Crippen LogP contribution in [0, 0.1) is 0 Å². The zero-order valence-electron chi connectivity index (χ0n) is 16.1. The fraction of sp³-hybridized carbons (Fsp3) is 0.417. The molecule has 3 heteroatoms. The maximum absolute atomic E-state index is 10.5. The number of ether oxygens (including phenoxy) is 1. The van der Waals surface area contributed by atoms with E-state index in [4.69, 9.17) is 4.74 Å². The van der Waals surface area contributed by atoms with Crippen LogP contribution in [-0.2, 0) is 40.4 Å². The van der Waals surface area contributed by atoms with Crippen molar-refractivity contribution in [1.82, 2.24) is 0 Å². The second kappa shape index (κ2) is 13.0. The molecule has 0 radical (unpaired) electrons. The molecule has 0 aromatic heterocycles. The van der Waals surface area contributed by atoms with E-state index in [0.717, 1.165) is 51.1 Å². The average molecular weight is 367 g/mol. The summed E-state index contributed by atoms with van der Waals surface area (Å²) in [6, 6.07) is 16.9. The zero-order chi connectivity index (χ0) is 19.2. The lowest BCUT2D eigenvalue weighted by Crippen LogP contribution is -2.01. The first-order valence-electron chi connectivity index (χ1n) is 9.93.